The molecule has 1 aliphatic rings. The highest BCUT2D eigenvalue weighted by Crippen LogP contribution is 2.14. The molecular weight excluding hydrogens is 266 g/mol. The summed E-state index contributed by atoms with van der Waals surface area (Å²) in [7, 11) is 0. The van der Waals surface area contributed by atoms with E-state index in [1.54, 1.807) is 4.90 Å². The summed E-state index contributed by atoms with van der Waals surface area (Å²) in [4.78, 5) is 13.5. The van der Waals surface area contributed by atoms with E-state index in [9.17, 15) is 4.79 Å². The van der Waals surface area contributed by atoms with E-state index < -0.39 is 0 Å². The third-order valence-corrected chi connectivity index (χ3v) is 3.65. The molecule has 1 aliphatic heterocycles. The van der Waals surface area contributed by atoms with E-state index in [4.69, 9.17) is 9.47 Å². The second-order valence-corrected chi connectivity index (χ2v) is 5.51. The van der Waals surface area contributed by atoms with E-state index in [2.05, 4.69) is 6.92 Å². The number of carbonyl (C=O) groups is 1. The van der Waals surface area contributed by atoms with Crippen LogP contribution in [-0.2, 0) is 16.1 Å². The fraction of sp³-hybridized carbons (Fsp3) is 0.588. The lowest BCUT2D eigenvalue weighted by Gasteiger charge is -2.12. The Morgan fingerprint density at radius 2 is 2.05 bits per heavy atom. The minimum atomic E-state index is -0.195. The van der Waals surface area contributed by atoms with E-state index in [-0.39, 0.29) is 12.2 Å². The molecular formula is C17H25NO3. The number of amides is 1. The Labute approximate surface area is 127 Å². The van der Waals surface area contributed by atoms with E-state index >= 15 is 0 Å². The standard InChI is InChI=1S/C17H25NO3/c1-2-3-4-8-11-18-12-16(21-17(18)19)14-20-13-15-9-6-5-7-10-15/h5-7,9-10,16H,2-4,8,11-14H2,1H3. The number of hydrogen-bond donors (Lipinski definition) is 0. The molecule has 1 heterocycles. The van der Waals surface area contributed by atoms with Gasteiger partial charge in [-0.25, -0.2) is 4.79 Å². The number of benzene rings is 1. The molecule has 1 unspecified atom stereocenters. The summed E-state index contributed by atoms with van der Waals surface area (Å²) in [6.45, 7) is 4.66. The highest BCUT2D eigenvalue weighted by atomic mass is 16.6. The fourth-order valence-electron chi connectivity index (χ4n) is 2.46. The van der Waals surface area contributed by atoms with Crippen LogP contribution in [0.5, 0.6) is 0 Å². The van der Waals surface area contributed by atoms with Crippen molar-refractivity contribution in [2.24, 2.45) is 0 Å². The van der Waals surface area contributed by atoms with E-state index in [0.29, 0.717) is 19.8 Å². The van der Waals surface area contributed by atoms with E-state index in [1.165, 1.54) is 19.3 Å². The van der Waals surface area contributed by atoms with Gasteiger partial charge in [0, 0.05) is 6.54 Å². The van der Waals surface area contributed by atoms with Gasteiger partial charge in [-0.15, -0.1) is 0 Å². The molecule has 0 N–H and O–H groups in total. The van der Waals surface area contributed by atoms with Crippen molar-refractivity contribution in [1.82, 2.24) is 4.90 Å². The van der Waals surface area contributed by atoms with E-state index in [0.717, 1.165) is 18.5 Å². The van der Waals surface area contributed by atoms with Crippen molar-refractivity contribution in [2.45, 2.75) is 45.3 Å². The van der Waals surface area contributed by atoms with Gasteiger partial charge in [0.15, 0.2) is 0 Å². The Morgan fingerprint density at radius 3 is 2.81 bits per heavy atom. The van der Waals surface area contributed by atoms with Crippen molar-refractivity contribution in [3.8, 4) is 0 Å². The molecule has 1 atom stereocenters. The van der Waals surface area contributed by atoms with Crippen LogP contribution in [0, 0.1) is 0 Å². The minimum absolute atomic E-state index is 0.132. The summed E-state index contributed by atoms with van der Waals surface area (Å²) in [5, 5.41) is 0. The highest BCUT2D eigenvalue weighted by molar-refractivity contribution is 5.69. The van der Waals surface area contributed by atoms with Gasteiger partial charge in [0.05, 0.1) is 19.8 Å². The van der Waals surface area contributed by atoms with Gasteiger partial charge in [0.25, 0.3) is 0 Å². The molecule has 21 heavy (non-hydrogen) atoms. The number of nitrogens with zero attached hydrogens (tertiary/aromatic N) is 1. The average molecular weight is 291 g/mol. The summed E-state index contributed by atoms with van der Waals surface area (Å²) in [5.74, 6) is 0. The van der Waals surface area contributed by atoms with Crippen molar-refractivity contribution in [1.29, 1.82) is 0 Å². The maximum absolute atomic E-state index is 11.7. The quantitative estimate of drug-likeness (QED) is 0.652. The van der Waals surface area contributed by atoms with Crippen LogP contribution >= 0.6 is 0 Å². The van der Waals surface area contributed by atoms with Crippen molar-refractivity contribution in [3.05, 3.63) is 35.9 Å². The molecule has 0 radical (unpaired) electrons. The number of cyclic esters (lactones) is 1. The van der Waals surface area contributed by atoms with Crippen LogP contribution in [0.15, 0.2) is 30.3 Å². The lowest BCUT2D eigenvalue weighted by atomic mass is 10.2. The van der Waals surface area contributed by atoms with Crippen LogP contribution in [0.25, 0.3) is 0 Å². The van der Waals surface area contributed by atoms with Crippen molar-refractivity contribution in [2.75, 3.05) is 19.7 Å². The van der Waals surface area contributed by atoms with E-state index in [1.807, 2.05) is 30.3 Å². The molecule has 1 amide bonds. The Hall–Kier alpha value is -1.55. The molecule has 0 bridgehead atoms. The minimum Gasteiger partial charge on any atom is -0.442 e. The first-order valence-electron chi connectivity index (χ1n) is 7.87. The zero-order chi connectivity index (χ0) is 14.9. The van der Waals surface area contributed by atoms with Gasteiger partial charge < -0.3 is 14.4 Å². The highest BCUT2D eigenvalue weighted by Gasteiger charge is 2.30. The van der Waals surface area contributed by atoms with Crippen LogP contribution in [0.1, 0.15) is 38.2 Å². The van der Waals surface area contributed by atoms with Crippen molar-refractivity contribution in [3.63, 3.8) is 0 Å². The topological polar surface area (TPSA) is 38.8 Å². The van der Waals surface area contributed by atoms with Crippen LogP contribution < -0.4 is 0 Å². The lowest BCUT2D eigenvalue weighted by Crippen LogP contribution is -2.27. The van der Waals surface area contributed by atoms with Gasteiger partial charge in [-0.2, -0.15) is 0 Å². The zero-order valence-electron chi connectivity index (χ0n) is 12.8. The van der Waals surface area contributed by atoms with Crippen LogP contribution in [0.3, 0.4) is 0 Å². The number of hydrogen-bond acceptors (Lipinski definition) is 3. The molecule has 1 fully saturated rings. The molecule has 1 aromatic rings. The van der Waals surface area contributed by atoms with Crippen molar-refractivity contribution >= 4 is 6.09 Å². The Bertz CT molecular complexity index is 421. The summed E-state index contributed by atoms with van der Waals surface area (Å²) in [6, 6.07) is 10.0. The van der Waals surface area contributed by atoms with Crippen molar-refractivity contribution < 1.29 is 14.3 Å². The van der Waals surface area contributed by atoms with Gasteiger partial charge in [0.2, 0.25) is 0 Å². The maximum Gasteiger partial charge on any atom is 0.410 e. The monoisotopic (exact) mass is 291 g/mol. The maximum atomic E-state index is 11.7. The van der Waals surface area contributed by atoms with Gasteiger partial charge in [-0.3, -0.25) is 0 Å². The first kappa shape index (κ1) is 15.8. The summed E-state index contributed by atoms with van der Waals surface area (Å²) in [6.07, 6.45) is 4.34. The predicted octanol–water partition coefficient (Wildman–Crippen LogP) is 3.60. The summed E-state index contributed by atoms with van der Waals surface area (Å²) < 4.78 is 11.0. The number of unbranched alkanes of at least 4 members (excludes halogenated alkanes) is 3. The molecule has 0 aliphatic carbocycles. The SMILES string of the molecule is CCCCCCN1CC(COCc2ccccc2)OC1=O. The number of carbonyl (C=O) groups excluding carboxylic acids is 1. The van der Waals surface area contributed by atoms with Gasteiger partial charge in [-0.05, 0) is 12.0 Å². The van der Waals surface area contributed by atoms with Crippen LogP contribution in [-0.4, -0.2) is 36.8 Å². The molecule has 0 spiro atoms. The molecule has 0 aromatic heterocycles. The zero-order valence-corrected chi connectivity index (χ0v) is 12.8. The molecule has 4 heteroatoms. The third-order valence-electron chi connectivity index (χ3n) is 3.65. The molecule has 1 saturated heterocycles. The first-order valence-corrected chi connectivity index (χ1v) is 7.87. The fourth-order valence-corrected chi connectivity index (χ4v) is 2.46. The Morgan fingerprint density at radius 1 is 1.24 bits per heavy atom. The smallest absolute Gasteiger partial charge is 0.410 e. The number of rotatable bonds is 9. The predicted molar refractivity (Wildman–Crippen MR) is 82.1 cm³/mol. The van der Waals surface area contributed by atoms with Gasteiger partial charge >= 0.3 is 6.09 Å². The molecule has 2 rings (SSSR count). The normalized spacial score (nSPS) is 18.0. The van der Waals surface area contributed by atoms with Crippen LogP contribution in [0.4, 0.5) is 4.79 Å². The molecule has 4 nitrogen and oxygen atoms in total. The summed E-state index contributed by atoms with van der Waals surface area (Å²) >= 11 is 0. The van der Waals surface area contributed by atoms with Gasteiger partial charge in [-0.1, -0.05) is 56.5 Å². The largest absolute Gasteiger partial charge is 0.442 e. The molecule has 1 aromatic carbocycles. The lowest BCUT2D eigenvalue weighted by molar-refractivity contribution is 0.0381. The molecule has 116 valence electrons. The summed E-state index contributed by atoms with van der Waals surface area (Å²) in [5.41, 5.74) is 1.14. The van der Waals surface area contributed by atoms with Gasteiger partial charge in [0.1, 0.15) is 6.10 Å². The first-order chi connectivity index (χ1) is 10.3. The average Bonchev–Trinajstić information content (AvgIpc) is 2.85. The molecule has 0 saturated carbocycles. The number of ether oxygens (including phenoxy) is 2. The van der Waals surface area contributed by atoms with Crippen LogP contribution in [0.2, 0.25) is 0 Å². The second kappa shape index (κ2) is 8.67. The second-order valence-electron chi connectivity index (χ2n) is 5.51. The Kier molecular flexibility index (Phi) is 6.54. The Balaban J connectivity index is 1.63. The third kappa shape index (κ3) is 5.38.